The quantitative estimate of drug-likeness (QED) is 0.467. The van der Waals surface area contributed by atoms with Crippen LogP contribution in [0.15, 0.2) is 53.7 Å². The van der Waals surface area contributed by atoms with Gasteiger partial charge in [0.05, 0.1) is 32.4 Å². The van der Waals surface area contributed by atoms with Crippen LogP contribution in [0.1, 0.15) is 50.3 Å². The first-order chi connectivity index (χ1) is 16.5. The normalized spacial score (nSPS) is 15.3. The molecule has 3 rings (SSSR count). The highest BCUT2D eigenvalue weighted by Crippen LogP contribution is 2.35. The molecule has 0 spiro atoms. The summed E-state index contributed by atoms with van der Waals surface area (Å²) in [4.78, 5) is 25.3. The van der Waals surface area contributed by atoms with E-state index in [4.69, 9.17) is 18.9 Å². The number of hydrogen-bond donors (Lipinski definition) is 2. The molecule has 0 saturated carbocycles. The fraction of sp³-hybridized carbons (Fsp3) is 0.385. The molecule has 0 bridgehead atoms. The van der Waals surface area contributed by atoms with E-state index in [1.165, 1.54) is 0 Å². The van der Waals surface area contributed by atoms with Crippen molar-refractivity contribution in [2.24, 2.45) is 0 Å². The Balaban J connectivity index is 1.88. The zero-order valence-electron chi connectivity index (χ0n) is 20.1. The van der Waals surface area contributed by atoms with Crippen LogP contribution in [0.25, 0.3) is 0 Å². The van der Waals surface area contributed by atoms with Gasteiger partial charge < -0.3 is 29.6 Å². The van der Waals surface area contributed by atoms with Crippen molar-refractivity contribution in [2.45, 2.75) is 45.8 Å². The van der Waals surface area contributed by atoms with E-state index in [-0.39, 0.29) is 12.6 Å². The van der Waals surface area contributed by atoms with Gasteiger partial charge in [-0.2, -0.15) is 0 Å². The Morgan fingerprint density at radius 2 is 1.76 bits per heavy atom. The summed E-state index contributed by atoms with van der Waals surface area (Å²) in [6, 6.07) is 12.0. The zero-order chi connectivity index (χ0) is 24.5. The zero-order valence-corrected chi connectivity index (χ0v) is 20.1. The van der Waals surface area contributed by atoms with Gasteiger partial charge in [0.1, 0.15) is 12.4 Å². The van der Waals surface area contributed by atoms with Gasteiger partial charge in [0.15, 0.2) is 11.5 Å². The second-order valence-electron chi connectivity index (χ2n) is 7.79. The SMILES string of the molecule is CCCCC1=C(C(=O)OCC)C(c2ccc(OCc3ccc(OC)cc3)c(OC)c2)NC(=O)N1. The monoisotopic (exact) mass is 468 g/mol. The molecule has 182 valence electrons. The molecule has 0 radical (unpaired) electrons. The molecule has 0 aliphatic carbocycles. The highest BCUT2D eigenvalue weighted by Gasteiger charge is 2.33. The average Bonchev–Trinajstić information content (AvgIpc) is 2.86. The molecule has 1 heterocycles. The first-order valence-corrected chi connectivity index (χ1v) is 11.4. The van der Waals surface area contributed by atoms with Crippen LogP contribution in [0.3, 0.4) is 0 Å². The van der Waals surface area contributed by atoms with E-state index in [0.29, 0.717) is 41.4 Å². The van der Waals surface area contributed by atoms with Gasteiger partial charge in [-0.25, -0.2) is 9.59 Å². The molecule has 8 nitrogen and oxygen atoms in total. The molecule has 2 amide bonds. The van der Waals surface area contributed by atoms with E-state index < -0.39 is 12.0 Å². The van der Waals surface area contributed by atoms with Gasteiger partial charge in [-0.05, 0) is 55.2 Å². The van der Waals surface area contributed by atoms with Crippen LogP contribution in [0.2, 0.25) is 0 Å². The summed E-state index contributed by atoms with van der Waals surface area (Å²) in [7, 11) is 3.17. The first kappa shape index (κ1) is 25.0. The number of carbonyl (C=O) groups excluding carboxylic acids is 2. The van der Waals surface area contributed by atoms with Crippen LogP contribution in [0.5, 0.6) is 17.2 Å². The average molecular weight is 469 g/mol. The number of allylic oxidation sites excluding steroid dienone is 1. The molecular formula is C26H32N2O6. The second kappa shape index (κ2) is 12.0. The lowest BCUT2D eigenvalue weighted by Crippen LogP contribution is -2.46. The fourth-order valence-electron chi connectivity index (χ4n) is 3.73. The minimum absolute atomic E-state index is 0.242. The van der Waals surface area contributed by atoms with Crippen LogP contribution in [-0.2, 0) is 16.1 Å². The van der Waals surface area contributed by atoms with Crippen LogP contribution in [0.4, 0.5) is 4.79 Å². The Labute approximate surface area is 200 Å². The molecule has 1 unspecified atom stereocenters. The summed E-state index contributed by atoms with van der Waals surface area (Å²) >= 11 is 0. The lowest BCUT2D eigenvalue weighted by molar-refractivity contribution is -0.139. The maximum absolute atomic E-state index is 12.9. The van der Waals surface area contributed by atoms with Crippen LogP contribution in [-0.4, -0.2) is 32.8 Å². The molecule has 2 N–H and O–H groups in total. The second-order valence-corrected chi connectivity index (χ2v) is 7.79. The molecule has 0 fully saturated rings. The van der Waals surface area contributed by atoms with Crippen molar-refractivity contribution in [3.63, 3.8) is 0 Å². The van der Waals surface area contributed by atoms with Crippen molar-refractivity contribution in [1.82, 2.24) is 10.6 Å². The van der Waals surface area contributed by atoms with Crippen molar-refractivity contribution >= 4 is 12.0 Å². The summed E-state index contributed by atoms with van der Waals surface area (Å²) in [5.41, 5.74) is 2.67. The Morgan fingerprint density at radius 1 is 1.00 bits per heavy atom. The highest BCUT2D eigenvalue weighted by molar-refractivity contribution is 5.95. The Hall–Kier alpha value is -3.68. The number of ether oxygens (including phenoxy) is 4. The topological polar surface area (TPSA) is 95.1 Å². The minimum atomic E-state index is -0.663. The smallest absolute Gasteiger partial charge is 0.338 e. The molecule has 2 aromatic carbocycles. The maximum atomic E-state index is 12.9. The standard InChI is InChI=1S/C26H32N2O6/c1-5-7-8-20-23(25(29)33-6-2)24(28-26(30)27-20)18-11-14-21(22(15-18)32-4)34-16-17-9-12-19(31-3)13-10-17/h9-15,24H,5-8,16H2,1-4H3,(H2,27,28,30). The molecule has 34 heavy (non-hydrogen) atoms. The summed E-state index contributed by atoms with van der Waals surface area (Å²) in [5.74, 6) is 1.37. The number of unbranched alkanes of at least 4 members (excludes halogenated alkanes) is 1. The van der Waals surface area contributed by atoms with Crippen LogP contribution >= 0.6 is 0 Å². The van der Waals surface area contributed by atoms with E-state index in [1.54, 1.807) is 33.3 Å². The molecule has 0 saturated heterocycles. The summed E-state index contributed by atoms with van der Waals surface area (Å²) in [6.07, 6.45) is 2.35. The number of esters is 1. The van der Waals surface area contributed by atoms with E-state index in [2.05, 4.69) is 17.6 Å². The van der Waals surface area contributed by atoms with Gasteiger partial charge in [0, 0.05) is 5.70 Å². The van der Waals surface area contributed by atoms with Crippen LogP contribution in [0, 0.1) is 0 Å². The van der Waals surface area contributed by atoms with E-state index in [9.17, 15) is 9.59 Å². The van der Waals surface area contributed by atoms with Crippen molar-refractivity contribution in [3.05, 3.63) is 64.9 Å². The first-order valence-electron chi connectivity index (χ1n) is 11.4. The number of rotatable bonds is 11. The van der Waals surface area contributed by atoms with Gasteiger partial charge in [-0.1, -0.05) is 31.5 Å². The molecule has 8 heteroatoms. The summed E-state index contributed by atoms with van der Waals surface area (Å²) in [5, 5.41) is 5.64. The summed E-state index contributed by atoms with van der Waals surface area (Å²) < 4.78 is 22.0. The van der Waals surface area contributed by atoms with Gasteiger partial charge in [-0.15, -0.1) is 0 Å². The van der Waals surface area contributed by atoms with Crippen molar-refractivity contribution in [1.29, 1.82) is 0 Å². The largest absolute Gasteiger partial charge is 0.497 e. The number of carbonyl (C=O) groups is 2. The van der Waals surface area contributed by atoms with E-state index in [1.807, 2.05) is 30.3 Å². The molecule has 0 aromatic heterocycles. The third-order valence-corrected chi connectivity index (χ3v) is 5.50. The van der Waals surface area contributed by atoms with Crippen LogP contribution < -0.4 is 24.8 Å². The van der Waals surface area contributed by atoms with Crippen molar-refractivity contribution in [2.75, 3.05) is 20.8 Å². The number of methoxy groups -OCH3 is 2. The Bertz CT molecular complexity index is 1030. The lowest BCUT2D eigenvalue weighted by atomic mass is 9.93. The van der Waals surface area contributed by atoms with Gasteiger partial charge in [-0.3, -0.25) is 0 Å². The molecule has 2 aromatic rings. The molecule has 1 aliphatic heterocycles. The highest BCUT2D eigenvalue weighted by atomic mass is 16.5. The van der Waals surface area contributed by atoms with Crippen molar-refractivity contribution < 1.29 is 28.5 Å². The summed E-state index contributed by atoms with van der Waals surface area (Å²) in [6.45, 7) is 4.40. The van der Waals surface area contributed by atoms with E-state index >= 15 is 0 Å². The van der Waals surface area contributed by atoms with Gasteiger partial charge >= 0.3 is 12.0 Å². The molecule has 1 atom stereocenters. The predicted molar refractivity (Wildman–Crippen MR) is 128 cm³/mol. The number of benzene rings is 2. The third-order valence-electron chi connectivity index (χ3n) is 5.50. The third kappa shape index (κ3) is 6.01. The molecule has 1 aliphatic rings. The maximum Gasteiger partial charge on any atom is 0.338 e. The predicted octanol–water partition coefficient (Wildman–Crippen LogP) is 4.64. The fourth-order valence-corrected chi connectivity index (χ4v) is 3.73. The lowest BCUT2D eigenvalue weighted by Gasteiger charge is -2.29. The number of urea groups is 1. The van der Waals surface area contributed by atoms with E-state index in [0.717, 1.165) is 24.2 Å². The molecular weight excluding hydrogens is 436 g/mol. The number of hydrogen-bond acceptors (Lipinski definition) is 6. The number of nitrogens with one attached hydrogen (secondary N) is 2. The number of amides is 2. The Kier molecular flexibility index (Phi) is 8.79. The van der Waals surface area contributed by atoms with Crippen molar-refractivity contribution in [3.8, 4) is 17.2 Å². The Morgan fingerprint density at radius 3 is 2.41 bits per heavy atom. The van der Waals surface area contributed by atoms with Gasteiger partial charge in [0.25, 0.3) is 0 Å². The van der Waals surface area contributed by atoms with Gasteiger partial charge in [0.2, 0.25) is 0 Å². The minimum Gasteiger partial charge on any atom is -0.497 e.